The first-order valence-corrected chi connectivity index (χ1v) is 10.2. The Morgan fingerprint density at radius 2 is 2.16 bits per heavy atom. The Labute approximate surface area is 150 Å². The van der Waals surface area contributed by atoms with Gasteiger partial charge in [-0.2, -0.15) is 11.8 Å². The maximum Gasteiger partial charge on any atom is 0.469 e. The average molecular weight is 394 g/mol. The van der Waals surface area contributed by atoms with E-state index in [0.717, 1.165) is 5.75 Å². The van der Waals surface area contributed by atoms with Gasteiger partial charge in [-0.25, -0.2) is 4.57 Å². The highest BCUT2D eigenvalue weighted by atomic mass is 32.2. The van der Waals surface area contributed by atoms with Crippen LogP contribution in [0.2, 0.25) is 0 Å². The van der Waals surface area contributed by atoms with Gasteiger partial charge in [0.15, 0.2) is 0 Å². The summed E-state index contributed by atoms with van der Waals surface area (Å²) < 4.78 is 15.3. The molecule has 0 unspecified atom stereocenters. The summed E-state index contributed by atoms with van der Waals surface area (Å²) >= 11 is 1.63. The van der Waals surface area contributed by atoms with Gasteiger partial charge in [0.2, 0.25) is 0 Å². The SMILES string of the molecule is CCSCC[C@H](NCc1c(COP(=O)(O)O)cnc(C)c1O)C(=O)O. The molecule has 0 amide bonds. The molecular weight excluding hydrogens is 371 g/mol. The van der Waals surface area contributed by atoms with E-state index in [2.05, 4.69) is 14.8 Å². The second-order valence-corrected chi connectivity index (χ2v) is 7.85. The standard InChI is InChI=1S/C14H23N2O7PS/c1-3-25-5-4-12(14(18)19)16-7-11-10(8-23-24(20,21)22)6-15-9(2)13(11)17/h6,12,16-17H,3-5,7-8H2,1-2H3,(H,18,19)(H2,20,21,22)/t12-/m0/s1. The highest BCUT2D eigenvalue weighted by Crippen LogP contribution is 2.38. The van der Waals surface area contributed by atoms with E-state index in [1.165, 1.54) is 6.20 Å². The summed E-state index contributed by atoms with van der Waals surface area (Å²) in [6, 6.07) is -0.803. The van der Waals surface area contributed by atoms with Gasteiger partial charge in [0.05, 0.1) is 12.3 Å². The first-order valence-electron chi connectivity index (χ1n) is 7.56. The molecular formula is C14H23N2O7PS. The zero-order valence-corrected chi connectivity index (χ0v) is 15.7. The predicted octanol–water partition coefficient (Wildman–Crippen LogP) is 1.39. The van der Waals surface area contributed by atoms with Crippen molar-refractivity contribution in [1.82, 2.24) is 10.3 Å². The molecule has 1 rings (SSSR count). The summed E-state index contributed by atoms with van der Waals surface area (Å²) in [4.78, 5) is 32.9. The fourth-order valence-electron chi connectivity index (χ4n) is 2.04. The molecule has 0 bridgehead atoms. The Hall–Kier alpha value is -1.16. The summed E-state index contributed by atoms with van der Waals surface area (Å²) in [5.74, 6) is 0.401. The van der Waals surface area contributed by atoms with Gasteiger partial charge >= 0.3 is 13.8 Å². The Morgan fingerprint density at radius 3 is 2.72 bits per heavy atom. The second kappa shape index (κ2) is 10.1. The Bertz CT molecular complexity index is 638. The lowest BCUT2D eigenvalue weighted by Crippen LogP contribution is -2.37. The van der Waals surface area contributed by atoms with E-state index in [9.17, 15) is 19.6 Å². The number of phosphoric ester groups is 1. The number of nitrogens with one attached hydrogen (secondary N) is 1. The molecule has 1 aromatic heterocycles. The number of carboxylic acids is 1. The van der Waals surface area contributed by atoms with Crippen molar-refractivity contribution in [3.05, 3.63) is 23.0 Å². The minimum atomic E-state index is -4.68. The maximum absolute atomic E-state index is 11.3. The van der Waals surface area contributed by atoms with Crippen LogP contribution in [0.4, 0.5) is 0 Å². The Kier molecular flexibility index (Phi) is 8.84. The van der Waals surface area contributed by atoms with E-state index in [4.69, 9.17) is 9.79 Å². The van der Waals surface area contributed by atoms with Crippen LogP contribution in [0.3, 0.4) is 0 Å². The number of nitrogens with zero attached hydrogens (tertiary/aromatic N) is 1. The van der Waals surface area contributed by atoms with E-state index in [-0.39, 0.29) is 17.9 Å². The van der Waals surface area contributed by atoms with Crippen molar-refractivity contribution in [1.29, 1.82) is 0 Å². The molecule has 0 aliphatic rings. The molecule has 0 aliphatic heterocycles. The van der Waals surface area contributed by atoms with Gasteiger partial charge in [0, 0.05) is 23.9 Å². The third-order valence-corrected chi connectivity index (χ3v) is 4.79. The predicted molar refractivity (Wildman–Crippen MR) is 93.4 cm³/mol. The number of hydrogen-bond donors (Lipinski definition) is 5. The van der Waals surface area contributed by atoms with Crippen LogP contribution in [-0.2, 0) is 27.0 Å². The maximum atomic E-state index is 11.3. The summed E-state index contributed by atoms with van der Waals surface area (Å²) in [6.45, 7) is 3.10. The summed E-state index contributed by atoms with van der Waals surface area (Å²) in [6.07, 6.45) is 1.75. The second-order valence-electron chi connectivity index (χ2n) is 5.22. The molecule has 0 saturated carbocycles. The summed E-state index contributed by atoms with van der Waals surface area (Å²) in [5.41, 5.74) is 0.895. The number of carboxylic acid groups (broad SMARTS) is 1. The number of phosphoric acid groups is 1. The van der Waals surface area contributed by atoms with Gasteiger partial charge in [0.25, 0.3) is 0 Å². The number of thioether (sulfide) groups is 1. The number of aliphatic carboxylic acids is 1. The van der Waals surface area contributed by atoms with Crippen molar-refractivity contribution in [3.63, 3.8) is 0 Å². The molecule has 0 radical (unpaired) electrons. The molecule has 5 N–H and O–H groups in total. The number of pyridine rings is 1. The van der Waals surface area contributed by atoms with Crippen LogP contribution in [0.1, 0.15) is 30.2 Å². The third kappa shape index (κ3) is 7.72. The number of aromatic nitrogens is 1. The monoisotopic (exact) mass is 394 g/mol. The van der Waals surface area contributed by atoms with Crippen LogP contribution >= 0.6 is 19.6 Å². The fraction of sp³-hybridized carbons (Fsp3) is 0.571. The number of rotatable bonds is 11. The largest absolute Gasteiger partial charge is 0.506 e. The van der Waals surface area contributed by atoms with Crippen molar-refractivity contribution in [2.75, 3.05) is 11.5 Å². The lowest BCUT2D eigenvalue weighted by molar-refractivity contribution is -0.139. The van der Waals surface area contributed by atoms with Crippen molar-refractivity contribution in [2.24, 2.45) is 0 Å². The molecule has 11 heteroatoms. The lowest BCUT2D eigenvalue weighted by atomic mass is 10.1. The van der Waals surface area contributed by atoms with Gasteiger partial charge in [-0.05, 0) is 24.9 Å². The molecule has 9 nitrogen and oxygen atoms in total. The molecule has 1 aromatic rings. The third-order valence-electron chi connectivity index (χ3n) is 3.40. The minimum absolute atomic E-state index is 0.00278. The van der Waals surface area contributed by atoms with Crippen molar-refractivity contribution in [2.45, 2.75) is 39.5 Å². The smallest absolute Gasteiger partial charge is 0.469 e. The number of carbonyl (C=O) groups is 1. The van der Waals surface area contributed by atoms with E-state index >= 15 is 0 Å². The molecule has 1 heterocycles. The van der Waals surface area contributed by atoms with Gasteiger partial charge in [-0.3, -0.25) is 14.3 Å². The van der Waals surface area contributed by atoms with Gasteiger partial charge in [0.1, 0.15) is 11.8 Å². The Morgan fingerprint density at radius 1 is 1.48 bits per heavy atom. The molecule has 0 aliphatic carbocycles. The van der Waals surface area contributed by atoms with E-state index in [0.29, 0.717) is 23.4 Å². The van der Waals surface area contributed by atoms with Gasteiger partial charge < -0.3 is 25.3 Å². The minimum Gasteiger partial charge on any atom is -0.506 e. The van der Waals surface area contributed by atoms with Crippen LogP contribution in [0.15, 0.2) is 6.20 Å². The molecule has 25 heavy (non-hydrogen) atoms. The normalized spacial score (nSPS) is 13.0. The first kappa shape index (κ1) is 21.9. The van der Waals surface area contributed by atoms with Crippen LogP contribution < -0.4 is 5.32 Å². The number of aromatic hydroxyl groups is 1. The topological polar surface area (TPSA) is 149 Å². The molecule has 0 aromatic carbocycles. The van der Waals surface area contributed by atoms with Gasteiger partial charge in [-0.15, -0.1) is 0 Å². The molecule has 0 fully saturated rings. The lowest BCUT2D eigenvalue weighted by Gasteiger charge is -2.18. The fourth-order valence-corrected chi connectivity index (χ4v) is 3.04. The Balaban J connectivity index is 2.88. The van der Waals surface area contributed by atoms with Crippen LogP contribution in [0, 0.1) is 6.92 Å². The summed E-state index contributed by atoms with van der Waals surface area (Å²) in [5, 5.41) is 22.3. The highest BCUT2D eigenvalue weighted by molar-refractivity contribution is 7.99. The highest BCUT2D eigenvalue weighted by Gasteiger charge is 2.21. The quantitative estimate of drug-likeness (QED) is 0.275. The van der Waals surface area contributed by atoms with Crippen molar-refractivity contribution < 1.29 is 33.9 Å². The zero-order chi connectivity index (χ0) is 19.0. The van der Waals surface area contributed by atoms with E-state index in [1.54, 1.807) is 18.7 Å². The zero-order valence-electron chi connectivity index (χ0n) is 14.0. The van der Waals surface area contributed by atoms with Crippen LogP contribution in [0.25, 0.3) is 0 Å². The van der Waals surface area contributed by atoms with Gasteiger partial charge in [-0.1, -0.05) is 6.92 Å². The van der Waals surface area contributed by atoms with Crippen molar-refractivity contribution in [3.8, 4) is 5.75 Å². The molecule has 142 valence electrons. The first-order chi connectivity index (χ1) is 11.7. The summed E-state index contributed by atoms with van der Waals surface area (Å²) in [7, 11) is -4.68. The van der Waals surface area contributed by atoms with E-state index in [1.807, 2.05) is 6.92 Å². The van der Waals surface area contributed by atoms with Crippen molar-refractivity contribution >= 4 is 25.6 Å². The van der Waals surface area contributed by atoms with Crippen LogP contribution in [0.5, 0.6) is 5.75 Å². The van der Waals surface area contributed by atoms with E-state index < -0.39 is 26.4 Å². The number of hydrogen-bond acceptors (Lipinski definition) is 7. The molecule has 1 atom stereocenters. The average Bonchev–Trinajstić information content (AvgIpc) is 2.52. The number of aryl methyl sites for hydroxylation is 1. The molecule has 0 spiro atoms. The molecule has 0 saturated heterocycles. The van der Waals surface area contributed by atoms with Crippen LogP contribution in [-0.4, -0.2) is 48.5 Å².